The average Bonchev–Trinajstić information content (AvgIpc) is 2.27. The van der Waals surface area contributed by atoms with Crippen molar-refractivity contribution < 1.29 is 18.3 Å². The Kier molecular flexibility index (Phi) is 6.73. The van der Waals surface area contributed by atoms with Gasteiger partial charge in [0, 0.05) is 12.5 Å². The lowest BCUT2D eigenvalue weighted by molar-refractivity contribution is -0.123. The quantitative estimate of drug-likeness (QED) is 0.594. The van der Waals surface area contributed by atoms with Gasteiger partial charge in [0.15, 0.2) is 0 Å². The normalized spacial score (nSPS) is 24.9. The van der Waals surface area contributed by atoms with Crippen LogP contribution in [0, 0.1) is 0 Å². The molecule has 0 radical (unpaired) electrons. The van der Waals surface area contributed by atoms with Crippen LogP contribution >= 0.6 is 11.6 Å². The van der Waals surface area contributed by atoms with E-state index in [1.807, 2.05) is 0 Å². The summed E-state index contributed by atoms with van der Waals surface area (Å²) in [5.41, 5.74) is 0. The molecule has 1 amide bonds. The molecule has 1 N–H and O–H groups in total. The summed E-state index contributed by atoms with van der Waals surface area (Å²) < 4.78 is 28.1. The second kappa shape index (κ2) is 7.82. The van der Waals surface area contributed by atoms with E-state index in [2.05, 4.69) is 10.1 Å². The first-order valence-electron chi connectivity index (χ1n) is 5.89. The molecule has 1 fully saturated rings. The van der Waals surface area contributed by atoms with Gasteiger partial charge in [-0.2, -0.15) is 0 Å². The number of hydrogen-bond acceptors (Lipinski definition) is 2. The van der Waals surface area contributed by atoms with E-state index >= 15 is 0 Å². The molecule has 2 unspecified atom stereocenters. The fourth-order valence-electron chi connectivity index (χ4n) is 1.86. The number of carbonyl (C=O) groups is 1. The van der Waals surface area contributed by atoms with E-state index < -0.39 is 13.0 Å². The highest BCUT2D eigenvalue weighted by atomic mass is 35.5. The van der Waals surface area contributed by atoms with E-state index in [9.17, 15) is 13.6 Å². The molecule has 1 aliphatic rings. The summed E-state index contributed by atoms with van der Waals surface area (Å²) in [6.07, 6.45) is 1.58. The summed E-state index contributed by atoms with van der Waals surface area (Å²) >= 11 is 6.08. The lowest BCUT2D eigenvalue weighted by Crippen LogP contribution is -2.43. The van der Waals surface area contributed by atoms with Gasteiger partial charge in [0.1, 0.15) is 6.61 Å². The lowest BCUT2D eigenvalue weighted by atomic mass is 9.95. The average molecular weight is 270 g/mol. The zero-order valence-electron chi connectivity index (χ0n) is 9.63. The Labute approximate surface area is 105 Å². The van der Waals surface area contributed by atoms with Crippen LogP contribution in [0.15, 0.2) is 0 Å². The molecule has 0 spiro atoms. The minimum absolute atomic E-state index is 0.00742. The van der Waals surface area contributed by atoms with Crippen LogP contribution in [0.5, 0.6) is 0 Å². The van der Waals surface area contributed by atoms with Crippen LogP contribution in [-0.2, 0) is 9.53 Å². The molecule has 1 rings (SSSR count). The number of ether oxygens (including phenoxy) is 1. The Bertz CT molecular complexity index is 242. The Morgan fingerprint density at radius 3 is 2.76 bits per heavy atom. The van der Waals surface area contributed by atoms with E-state index in [0.29, 0.717) is 0 Å². The highest BCUT2D eigenvalue weighted by molar-refractivity contribution is 6.21. The molecule has 1 aliphatic carbocycles. The topological polar surface area (TPSA) is 38.3 Å². The van der Waals surface area contributed by atoms with Crippen molar-refractivity contribution in [3.05, 3.63) is 0 Å². The standard InChI is InChI=1S/C11H18ClF2NO2/c12-8-3-1-2-4-9(8)15-11(16)5-6-17-7-10(13)14/h8-10H,1-7H2,(H,15,16). The van der Waals surface area contributed by atoms with Crippen molar-refractivity contribution in [1.82, 2.24) is 5.32 Å². The monoisotopic (exact) mass is 269 g/mol. The van der Waals surface area contributed by atoms with Gasteiger partial charge in [-0.25, -0.2) is 8.78 Å². The van der Waals surface area contributed by atoms with E-state index in [-0.39, 0.29) is 30.4 Å². The largest absolute Gasteiger partial charge is 0.375 e. The predicted octanol–water partition coefficient (Wildman–Crippen LogP) is 2.32. The summed E-state index contributed by atoms with van der Waals surface area (Å²) in [5, 5.41) is 2.80. The zero-order valence-corrected chi connectivity index (χ0v) is 10.4. The third-order valence-electron chi connectivity index (χ3n) is 2.75. The van der Waals surface area contributed by atoms with E-state index in [0.717, 1.165) is 25.7 Å². The van der Waals surface area contributed by atoms with Gasteiger partial charge in [0.05, 0.1) is 12.0 Å². The Morgan fingerprint density at radius 2 is 2.12 bits per heavy atom. The van der Waals surface area contributed by atoms with Crippen LogP contribution in [0.2, 0.25) is 0 Å². The molecule has 100 valence electrons. The van der Waals surface area contributed by atoms with Gasteiger partial charge in [-0.05, 0) is 12.8 Å². The highest BCUT2D eigenvalue weighted by Crippen LogP contribution is 2.22. The maximum absolute atomic E-state index is 11.7. The fraction of sp³-hybridized carbons (Fsp3) is 0.909. The number of halogens is 3. The highest BCUT2D eigenvalue weighted by Gasteiger charge is 2.24. The Hall–Kier alpha value is -0.420. The van der Waals surface area contributed by atoms with Gasteiger partial charge in [-0.15, -0.1) is 11.6 Å². The molecular weight excluding hydrogens is 252 g/mol. The van der Waals surface area contributed by atoms with Gasteiger partial charge in [-0.1, -0.05) is 12.8 Å². The summed E-state index contributed by atoms with van der Waals surface area (Å²) in [4.78, 5) is 11.5. The maximum Gasteiger partial charge on any atom is 0.261 e. The molecule has 0 heterocycles. The number of amides is 1. The molecule has 17 heavy (non-hydrogen) atoms. The van der Waals surface area contributed by atoms with Crippen LogP contribution in [0.1, 0.15) is 32.1 Å². The summed E-state index contributed by atoms with van der Waals surface area (Å²) in [7, 11) is 0. The van der Waals surface area contributed by atoms with Gasteiger partial charge in [0.2, 0.25) is 5.91 Å². The van der Waals surface area contributed by atoms with E-state index in [4.69, 9.17) is 11.6 Å². The molecule has 0 aromatic carbocycles. The molecule has 3 nitrogen and oxygen atoms in total. The number of carbonyl (C=O) groups excluding carboxylic acids is 1. The fourth-order valence-corrected chi connectivity index (χ4v) is 2.21. The molecule has 6 heteroatoms. The van der Waals surface area contributed by atoms with Crippen molar-refractivity contribution in [2.45, 2.75) is 49.9 Å². The molecular formula is C11H18ClF2NO2. The number of rotatable bonds is 6. The third kappa shape index (κ3) is 6.17. The maximum atomic E-state index is 11.7. The van der Waals surface area contributed by atoms with Crippen molar-refractivity contribution in [2.24, 2.45) is 0 Å². The molecule has 0 aromatic heterocycles. The minimum atomic E-state index is -2.48. The minimum Gasteiger partial charge on any atom is -0.375 e. The van der Waals surface area contributed by atoms with Crippen molar-refractivity contribution in [2.75, 3.05) is 13.2 Å². The van der Waals surface area contributed by atoms with Crippen molar-refractivity contribution >= 4 is 17.5 Å². The molecule has 0 bridgehead atoms. The first-order chi connectivity index (χ1) is 8.09. The molecule has 1 saturated carbocycles. The van der Waals surface area contributed by atoms with Crippen LogP contribution in [0.4, 0.5) is 8.78 Å². The Morgan fingerprint density at radius 1 is 1.41 bits per heavy atom. The number of hydrogen-bond donors (Lipinski definition) is 1. The first-order valence-corrected chi connectivity index (χ1v) is 6.32. The summed E-state index contributed by atoms with van der Waals surface area (Å²) in [6, 6.07) is 0.00742. The second-order valence-corrected chi connectivity index (χ2v) is 4.75. The van der Waals surface area contributed by atoms with Gasteiger partial charge in [-0.3, -0.25) is 4.79 Å². The van der Waals surface area contributed by atoms with E-state index in [1.54, 1.807) is 0 Å². The van der Waals surface area contributed by atoms with Gasteiger partial charge >= 0.3 is 0 Å². The van der Waals surface area contributed by atoms with Crippen LogP contribution in [-0.4, -0.2) is 37.0 Å². The first kappa shape index (κ1) is 14.6. The van der Waals surface area contributed by atoms with Gasteiger partial charge < -0.3 is 10.1 Å². The predicted molar refractivity (Wildman–Crippen MR) is 61.5 cm³/mol. The Balaban J connectivity index is 2.11. The SMILES string of the molecule is O=C(CCOCC(F)F)NC1CCCCC1Cl. The summed E-state index contributed by atoms with van der Waals surface area (Å²) in [5.74, 6) is -0.184. The van der Waals surface area contributed by atoms with Gasteiger partial charge in [0.25, 0.3) is 6.43 Å². The molecule has 0 saturated heterocycles. The van der Waals surface area contributed by atoms with Crippen molar-refractivity contribution in [3.8, 4) is 0 Å². The third-order valence-corrected chi connectivity index (χ3v) is 3.27. The van der Waals surface area contributed by atoms with Crippen molar-refractivity contribution in [3.63, 3.8) is 0 Å². The number of nitrogens with one attached hydrogen (secondary N) is 1. The van der Waals surface area contributed by atoms with Crippen molar-refractivity contribution in [1.29, 1.82) is 0 Å². The van der Waals surface area contributed by atoms with E-state index in [1.165, 1.54) is 0 Å². The molecule has 0 aliphatic heterocycles. The lowest BCUT2D eigenvalue weighted by Gasteiger charge is -2.27. The number of alkyl halides is 3. The summed E-state index contributed by atoms with van der Waals surface area (Å²) in [6.45, 7) is -0.593. The molecule has 0 aromatic rings. The van der Waals surface area contributed by atoms with Crippen LogP contribution in [0.25, 0.3) is 0 Å². The zero-order chi connectivity index (χ0) is 12.7. The second-order valence-electron chi connectivity index (χ2n) is 4.19. The van der Waals surface area contributed by atoms with Crippen LogP contribution < -0.4 is 5.32 Å². The molecule has 2 atom stereocenters. The smallest absolute Gasteiger partial charge is 0.261 e. The van der Waals surface area contributed by atoms with Crippen LogP contribution in [0.3, 0.4) is 0 Å².